The number of hydrogen-bond acceptors (Lipinski definition) is 2. The molecule has 1 amide bonds. The Labute approximate surface area is 97.4 Å². The maximum Gasteiger partial charge on any atom is 0.269 e. The largest absolute Gasteiger partial charge is 0.350 e. The summed E-state index contributed by atoms with van der Waals surface area (Å²) >= 11 is 2.22. The van der Waals surface area contributed by atoms with E-state index in [-0.39, 0.29) is 5.91 Å². The van der Waals surface area contributed by atoms with Gasteiger partial charge in [-0.3, -0.25) is 4.79 Å². The maximum absolute atomic E-state index is 11.5. The summed E-state index contributed by atoms with van der Waals surface area (Å²) in [6.45, 7) is 4.58. The number of amides is 1. The number of hydrogen-bond donors (Lipinski definition) is 1. The van der Waals surface area contributed by atoms with Gasteiger partial charge in [0.2, 0.25) is 0 Å². The van der Waals surface area contributed by atoms with Gasteiger partial charge < -0.3 is 5.32 Å². The Kier molecular flexibility index (Phi) is 4.31. The zero-order chi connectivity index (χ0) is 10.6. The van der Waals surface area contributed by atoms with Gasteiger partial charge in [0.05, 0.1) is 0 Å². The number of nitrogens with one attached hydrogen (secondary N) is 1. The molecule has 0 aliphatic rings. The molecule has 76 valence electrons. The average molecular weight is 304 g/mol. The first-order valence-corrected chi connectivity index (χ1v) is 5.96. The molecule has 4 heteroatoms. The van der Waals surface area contributed by atoms with Crippen LogP contribution in [-0.2, 0) is 0 Å². The minimum atomic E-state index is -0.0928. The molecule has 1 N–H and O–H groups in total. The van der Waals surface area contributed by atoms with Crippen molar-refractivity contribution >= 4 is 28.5 Å². The predicted octanol–water partition coefficient (Wildman–Crippen LogP) is 1.86. The van der Waals surface area contributed by atoms with Gasteiger partial charge in [-0.25, -0.2) is 4.98 Å². The topological polar surface area (TPSA) is 42.0 Å². The van der Waals surface area contributed by atoms with Gasteiger partial charge in [-0.05, 0) is 25.5 Å². The Hall–Kier alpha value is -0.650. The van der Waals surface area contributed by atoms with Crippen LogP contribution in [0.25, 0.3) is 0 Å². The zero-order valence-corrected chi connectivity index (χ0v) is 10.5. The molecule has 0 atom stereocenters. The summed E-state index contributed by atoms with van der Waals surface area (Å²) in [5, 5.41) is 2.79. The third-order valence-electron chi connectivity index (χ3n) is 1.96. The lowest BCUT2D eigenvalue weighted by atomic mass is 10.2. The van der Waals surface area contributed by atoms with Crippen molar-refractivity contribution in [3.05, 3.63) is 29.1 Å². The van der Waals surface area contributed by atoms with Crippen LogP contribution in [0.4, 0.5) is 0 Å². The van der Waals surface area contributed by atoms with Gasteiger partial charge in [-0.15, -0.1) is 0 Å². The fourth-order valence-electron chi connectivity index (χ4n) is 1.01. The van der Waals surface area contributed by atoms with Gasteiger partial charge >= 0.3 is 0 Å². The molecule has 0 unspecified atom stereocenters. The number of rotatable bonds is 3. The van der Waals surface area contributed by atoms with Crippen molar-refractivity contribution in [2.24, 2.45) is 0 Å². The molecule has 0 fully saturated rings. The highest BCUT2D eigenvalue weighted by atomic mass is 127. The molecule has 1 heterocycles. The number of carbonyl (C=O) groups is 1. The first-order valence-electron chi connectivity index (χ1n) is 4.43. The number of halogens is 1. The summed E-state index contributed by atoms with van der Waals surface area (Å²) in [4.78, 5) is 15.7. The summed E-state index contributed by atoms with van der Waals surface area (Å²) in [6.07, 6.45) is 0. The molecule has 0 saturated heterocycles. The van der Waals surface area contributed by atoms with E-state index in [4.69, 9.17) is 0 Å². The quantitative estimate of drug-likeness (QED) is 0.684. The highest BCUT2D eigenvalue weighted by molar-refractivity contribution is 14.1. The van der Waals surface area contributed by atoms with Gasteiger partial charge in [0, 0.05) is 16.7 Å². The third kappa shape index (κ3) is 2.94. The summed E-state index contributed by atoms with van der Waals surface area (Å²) in [7, 11) is 0. The van der Waals surface area contributed by atoms with Crippen molar-refractivity contribution < 1.29 is 4.79 Å². The van der Waals surface area contributed by atoms with Gasteiger partial charge in [-0.1, -0.05) is 28.7 Å². The number of alkyl halides is 1. The molecule has 0 aliphatic carbocycles. The molecule has 3 nitrogen and oxygen atoms in total. The third-order valence-corrected chi connectivity index (χ3v) is 2.50. The lowest BCUT2D eigenvalue weighted by molar-refractivity contribution is 0.0951. The average Bonchev–Trinajstić information content (AvgIpc) is 2.18. The van der Waals surface area contributed by atoms with Crippen LogP contribution >= 0.6 is 22.6 Å². The van der Waals surface area contributed by atoms with E-state index in [0.29, 0.717) is 12.2 Å². The van der Waals surface area contributed by atoms with E-state index < -0.39 is 0 Å². The van der Waals surface area contributed by atoms with Crippen LogP contribution in [0.1, 0.15) is 21.7 Å². The maximum atomic E-state index is 11.5. The molecule has 0 aromatic carbocycles. The zero-order valence-electron chi connectivity index (χ0n) is 8.30. The van der Waals surface area contributed by atoms with Crippen LogP contribution in [0.5, 0.6) is 0 Å². The number of aromatic nitrogens is 1. The van der Waals surface area contributed by atoms with E-state index in [9.17, 15) is 4.79 Å². The second-order valence-electron chi connectivity index (χ2n) is 3.04. The first kappa shape index (κ1) is 11.4. The number of aryl methyl sites for hydroxylation is 2. The lowest BCUT2D eigenvalue weighted by Crippen LogP contribution is -2.26. The number of nitrogens with zero attached hydrogens (tertiary/aromatic N) is 1. The number of pyridine rings is 1. The Bertz CT molecular complexity index is 339. The van der Waals surface area contributed by atoms with E-state index in [1.165, 1.54) is 0 Å². The second-order valence-corrected chi connectivity index (χ2v) is 4.12. The summed E-state index contributed by atoms with van der Waals surface area (Å²) in [5.74, 6) is -0.0928. The smallest absolute Gasteiger partial charge is 0.269 e. The minimum Gasteiger partial charge on any atom is -0.350 e. The molecule has 1 aromatic rings. The van der Waals surface area contributed by atoms with E-state index in [1.807, 2.05) is 19.9 Å². The molecular formula is C10H13IN2O. The highest BCUT2D eigenvalue weighted by Gasteiger charge is 2.06. The molecule has 0 bridgehead atoms. The molecule has 0 aliphatic heterocycles. The summed E-state index contributed by atoms with van der Waals surface area (Å²) < 4.78 is 0.911. The fourth-order valence-corrected chi connectivity index (χ4v) is 1.28. The van der Waals surface area contributed by atoms with Gasteiger partial charge in [0.25, 0.3) is 5.91 Å². The van der Waals surface area contributed by atoms with Crippen molar-refractivity contribution in [2.75, 3.05) is 11.0 Å². The second kappa shape index (κ2) is 5.29. The van der Waals surface area contributed by atoms with Crippen LogP contribution in [0.15, 0.2) is 12.1 Å². The molecule has 1 aromatic heterocycles. The number of carbonyl (C=O) groups excluding carboxylic acids is 1. The van der Waals surface area contributed by atoms with Crippen LogP contribution in [-0.4, -0.2) is 21.9 Å². The Balaban J connectivity index is 2.76. The summed E-state index contributed by atoms with van der Waals surface area (Å²) in [6, 6.07) is 3.67. The van der Waals surface area contributed by atoms with Crippen molar-refractivity contribution in [2.45, 2.75) is 13.8 Å². The van der Waals surface area contributed by atoms with E-state index >= 15 is 0 Å². The highest BCUT2D eigenvalue weighted by Crippen LogP contribution is 2.04. The molecule has 14 heavy (non-hydrogen) atoms. The monoisotopic (exact) mass is 304 g/mol. The molecular weight excluding hydrogens is 291 g/mol. The van der Waals surface area contributed by atoms with Crippen molar-refractivity contribution in [3.63, 3.8) is 0 Å². The van der Waals surface area contributed by atoms with Crippen LogP contribution in [0, 0.1) is 13.8 Å². The van der Waals surface area contributed by atoms with E-state index in [2.05, 4.69) is 32.9 Å². The van der Waals surface area contributed by atoms with Gasteiger partial charge in [-0.2, -0.15) is 0 Å². The van der Waals surface area contributed by atoms with Crippen molar-refractivity contribution in [1.29, 1.82) is 0 Å². The van der Waals surface area contributed by atoms with Crippen molar-refractivity contribution in [3.8, 4) is 0 Å². The molecule has 0 spiro atoms. The molecule has 1 rings (SSSR count). The van der Waals surface area contributed by atoms with Crippen LogP contribution in [0.3, 0.4) is 0 Å². The Morgan fingerprint density at radius 1 is 1.50 bits per heavy atom. The Morgan fingerprint density at radius 2 is 2.21 bits per heavy atom. The normalized spacial score (nSPS) is 9.93. The minimum absolute atomic E-state index is 0.0928. The summed E-state index contributed by atoms with van der Waals surface area (Å²) in [5.41, 5.74) is 2.51. The predicted molar refractivity (Wildman–Crippen MR) is 64.9 cm³/mol. The van der Waals surface area contributed by atoms with Gasteiger partial charge in [0.15, 0.2) is 0 Å². The van der Waals surface area contributed by atoms with Crippen LogP contribution < -0.4 is 5.32 Å². The first-order chi connectivity index (χ1) is 6.65. The van der Waals surface area contributed by atoms with Crippen molar-refractivity contribution in [1.82, 2.24) is 10.3 Å². The van der Waals surface area contributed by atoms with Gasteiger partial charge in [0.1, 0.15) is 5.69 Å². The fraction of sp³-hybridized carbons (Fsp3) is 0.400. The SMILES string of the molecule is Cc1ccc(C(=O)NCCI)nc1C. The Morgan fingerprint density at radius 3 is 2.79 bits per heavy atom. The lowest BCUT2D eigenvalue weighted by Gasteiger charge is -2.04. The van der Waals surface area contributed by atoms with Crippen LogP contribution in [0.2, 0.25) is 0 Å². The van der Waals surface area contributed by atoms with E-state index in [1.54, 1.807) is 6.07 Å². The molecule has 0 saturated carbocycles. The van der Waals surface area contributed by atoms with E-state index in [0.717, 1.165) is 15.7 Å². The molecule has 0 radical (unpaired) electrons. The standard InChI is InChI=1S/C10H13IN2O/c1-7-3-4-9(13-8(7)2)10(14)12-6-5-11/h3-4H,5-6H2,1-2H3,(H,12,14).